The standard InChI is InChI=1S/C14H21N3O/c1-9-4-5-12(14(15)18)13(6-9)17-8-10(2)16-7-11(17)3/h4-6,10-11,16H,7-8H2,1-3H3,(H2,15,18). The molecule has 0 spiro atoms. The summed E-state index contributed by atoms with van der Waals surface area (Å²) in [5.41, 5.74) is 8.19. The third kappa shape index (κ3) is 2.48. The Bertz CT molecular complexity index is 458. The normalized spacial score (nSPS) is 24.1. The predicted molar refractivity (Wildman–Crippen MR) is 74.0 cm³/mol. The van der Waals surface area contributed by atoms with Gasteiger partial charge in [0, 0.05) is 25.2 Å². The highest BCUT2D eigenvalue weighted by Crippen LogP contribution is 2.25. The second-order valence-corrected chi connectivity index (χ2v) is 5.20. The number of anilines is 1. The molecule has 18 heavy (non-hydrogen) atoms. The number of carbonyl (C=O) groups is 1. The van der Waals surface area contributed by atoms with Gasteiger partial charge in [0.15, 0.2) is 0 Å². The Morgan fingerprint density at radius 3 is 2.83 bits per heavy atom. The van der Waals surface area contributed by atoms with Crippen LogP contribution in [-0.4, -0.2) is 31.1 Å². The van der Waals surface area contributed by atoms with Gasteiger partial charge in [-0.05, 0) is 38.5 Å². The van der Waals surface area contributed by atoms with Crippen molar-refractivity contribution in [1.29, 1.82) is 0 Å². The molecule has 2 rings (SSSR count). The molecule has 1 fully saturated rings. The summed E-state index contributed by atoms with van der Waals surface area (Å²) in [5, 5.41) is 3.44. The fourth-order valence-electron chi connectivity index (χ4n) is 2.44. The molecule has 1 aromatic carbocycles. The molecule has 2 unspecified atom stereocenters. The van der Waals surface area contributed by atoms with E-state index in [1.54, 1.807) is 0 Å². The molecule has 1 aromatic rings. The van der Waals surface area contributed by atoms with E-state index in [4.69, 9.17) is 5.73 Å². The van der Waals surface area contributed by atoms with E-state index in [1.165, 1.54) is 0 Å². The van der Waals surface area contributed by atoms with E-state index in [9.17, 15) is 4.79 Å². The van der Waals surface area contributed by atoms with E-state index in [-0.39, 0.29) is 5.91 Å². The molecule has 1 heterocycles. The van der Waals surface area contributed by atoms with E-state index < -0.39 is 0 Å². The molecular formula is C14H21N3O. The van der Waals surface area contributed by atoms with Crippen LogP contribution in [-0.2, 0) is 0 Å². The molecule has 4 heteroatoms. The average Bonchev–Trinajstić information content (AvgIpc) is 2.31. The molecule has 0 saturated carbocycles. The minimum atomic E-state index is -0.358. The highest BCUT2D eigenvalue weighted by Gasteiger charge is 2.25. The van der Waals surface area contributed by atoms with E-state index in [0.717, 1.165) is 24.3 Å². The van der Waals surface area contributed by atoms with Gasteiger partial charge in [-0.3, -0.25) is 4.79 Å². The molecule has 1 aliphatic heterocycles. The third-order valence-electron chi connectivity index (χ3n) is 3.49. The van der Waals surface area contributed by atoms with Crippen LogP contribution in [0.4, 0.5) is 5.69 Å². The fourth-order valence-corrected chi connectivity index (χ4v) is 2.44. The Morgan fingerprint density at radius 1 is 1.44 bits per heavy atom. The summed E-state index contributed by atoms with van der Waals surface area (Å²) in [5.74, 6) is -0.358. The molecule has 0 aliphatic carbocycles. The average molecular weight is 247 g/mol. The number of rotatable bonds is 2. The van der Waals surface area contributed by atoms with Gasteiger partial charge in [-0.1, -0.05) is 6.07 Å². The zero-order chi connectivity index (χ0) is 13.3. The highest BCUT2D eigenvalue weighted by atomic mass is 16.1. The first-order chi connectivity index (χ1) is 8.49. The summed E-state index contributed by atoms with van der Waals surface area (Å²) in [7, 11) is 0. The zero-order valence-electron chi connectivity index (χ0n) is 11.2. The number of piperazine rings is 1. The summed E-state index contributed by atoms with van der Waals surface area (Å²) in [6, 6.07) is 6.59. The van der Waals surface area contributed by atoms with Crippen molar-refractivity contribution in [3.8, 4) is 0 Å². The lowest BCUT2D eigenvalue weighted by molar-refractivity contribution is 0.100. The first-order valence-electron chi connectivity index (χ1n) is 6.39. The fraction of sp³-hybridized carbons (Fsp3) is 0.500. The number of primary amides is 1. The van der Waals surface area contributed by atoms with Gasteiger partial charge < -0.3 is 16.0 Å². The van der Waals surface area contributed by atoms with Crippen molar-refractivity contribution in [2.24, 2.45) is 5.73 Å². The number of nitrogens with one attached hydrogen (secondary N) is 1. The number of hydrogen-bond acceptors (Lipinski definition) is 3. The number of benzene rings is 1. The number of aryl methyl sites for hydroxylation is 1. The summed E-state index contributed by atoms with van der Waals surface area (Å²) >= 11 is 0. The van der Waals surface area contributed by atoms with Gasteiger partial charge in [0.1, 0.15) is 0 Å². The summed E-state index contributed by atoms with van der Waals surface area (Å²) in [6.45, 7) is 8.16. The van der Waals surface area contributed by atoms with Crippen LogP contribution in [0.3, 0.4) is 0 Å². The van der Waals surface area contributed by atoms with Crippen molar-refractivity contribution < 1.29 is 4.79 Å². The van der Waals surface area contributed by atoms with Gasteiger partial charge >= 0.3 is 0 Å². The summed E-state index contributed by atoms with van der Waals surface area (Å²) in [6.07, 6.45) is 0. The van der Waals surface area contributed by atoms with Crippen molar-refractivity contribution in [2.75, 3.05) is 18.0 Å². The molecule has 3 N–H and O–H groups in total. The Kier molecular flexibility index (Phi) is 3.57. The number of amides is 1. The predicted octanol–water partition coefficient (Wildman–Crippen LogP) is 1.28. The van der Waals surface area contributed by atoms with Crippen LogP contribution in [0.5, 0.6) is 0 Å². The van der Waals surface area contributed by atoms with Gasteiger partial charge in [0.25, 0.3) is 5.91 Å². The SMILES string of the molecule is Cc1ccc(C(N)=O)c(N2CC(C)NCC2C)c1. The third-order valence-corrected chi connectivity index (χ3v) is 3.49. The van der Waals surface area contributed by atoms with Crippen molar-refractivity contribution in [3.05, 3.63) is 29.3 Å². The summed E-state index contributed by atoms with van der Waals surface area (Å²) in [4.78, 5) is 13.8. The van der Waals surface area contributed by atoms with E-state index in [1.807, 2.05) is 19.1 Å². The van der Waals surface area contributed by atoms with Crippen LogP contribution >= 0.6 is 0 Å². The number of hydrogen-bond donors (Lipinski definition) is 2. The second kappa shape index (κ2) is 4.98. The van der Waals surface area contributed by atoms with Crippen molar-refractivity contribution in [2.45, 2.75) is 32.9 Å². The number of nitrogens with two attached hydrogens (primary N) is 1. The highest BCUT2D eigenvalue weighted by molar-refractivity contribution is 5.98. The van der Waals surface area contributed by atoms with Crippen LogP contribution in [0.1, 0.15) is 29.8 Å². The molecule has 1 saturated heterocycles. The zero-order valence-corrected chi connectivity index (χ0v) is 11.2. The van der Waals surface area contributed by atoms with Gasteiger partial charge in [0.2, 0.25) is 0 Å². The summed E-state index contributed by atoms with van der Waals surface area (Å²) < 4.78 is 0. The molecular weight excluding hydrogens is 226 g/mol. The maximum absolute atomic E-state index is 11.5. The Balaban J connectivity index is 2.41. The monoisotopic (exact) mass is 247 g/mol. The van der Waals surface area contributed by atoms with E-state index in [2.05, 4.69) is 30.1 Å². The van der Waals surface area contributed by atoms with Crippen LogP contribution in [0.2, 0.25) is 0 Å². The van der Waals surface area contributed by atoms with Gasteiger partial charge in [-0.15, -0.1) is 0 Å². The lowest BCUT2D eigenvalue weighted by atomic mass is 10.0. The molecule has 0 aromatic heterocycles. The quantitative estimate of drug-likeness (QED) is 0.827. The molecule has 1 amide bonds. The van der Waals surface area contributed by atoms with Crippen molar-refractivity contribution in [1.82, 2.24) is 5.32 Å². The lowest BCUT2D eigenvalue weighted by Gasteiger charge is -2.40. The molecule has 0 radical (unpaired) electrons. The van der Waals surface area contributed by atoms with Crippen molar-refractivity contribution >= 4 is 11.6 Å². The topological polar surface area (TPSA) is 58.4 Å². The van der Waals surface area contributed by atoms with Crippen LogP contribution in [0.15, 0.2) is 18.2 Å². The Hall–Kier alpha value is -1.55. The molecule has 98 valence electrons. The lowest BCUT2D eigenvalue weighted by Crippen LogP contribution is -2.54. The first kappa shape index (κ1) is 12.9. The molecule has 1 aliphatic rings. The smallest absolute Gasteiger partial charge is 0.250 e. The number of nitrogens with zero attached hydrogens (tertiary/aromatic N) is 1. The van der Waals surface area contributed by atoms with Crippen LogP contribution in [0.25, 0.3) is 0 Å². The van der Waals surface area contributed by atoms with Gasteiger partial charge in [0.05, 0.1) is 11.3 Å². The molecule has 2 atom stereocenters. The molecule has 4 nitrogen and oxygen atoms in total. The minimum Gasteiger partial charge on any atom is -0.366 e. The Morgan fingerprint density at radius 2 is 2.17 bits per heavy atom. The first-order valence-corrected chi connectivity index (χ1v) is 6.39. The molecule has 0 bridgehead atoms. The van der Waals surface area contributed by atoms with Crippen LogP contribution in [0, 0.1) is 6.92 Å². The maximum atomic E-state index is 11.5. The Labute approximate surface area is 108 Å². The maximum Gasteiger partial charge on any atom is 0.250 e. The number of carbonyl (C=O) groups excluding carboxylic acids is 1. The van der Waals surface area contributed by atoms with E-state index in [0.29, 0.717) is 17.6 Å². The van der Waals surface area contributed by atoms with Crippen molar-refractivity contribution in [3.63, 3.8) is 0 Å². The van der Waals surface area contributed by atoms with Gasteiger partial charge in [-0.2, -0.15) is 0 Å². The van der Waals surface area contributed by atoms with Crippen LogP contribution < -0.4 is 16.0 Å². The minimum absolute atomic E-state index is 0.358. The second-order valence-electron chi connectivity index (χ2n) is 5.20. The van der Waals surface area contributed by atoms with Gasteiger partial charge in [-0.25, -0.2) is 0 Å². The largest absolute Gasteiger partial charge is 0.366 e. The van der Waals surface area contributed by atoms with E-state index >= 15 is 0 Å².